The van der Waals surface area contributed by atoms with E-state index in [0.29, 0.717) is 32.3 Å². The number of anilines is 1. The molecule has 1 N–H and O–H groups in total. The standard InChI is InChI=1S/C21H24BrCl2N3O4S/c1-4-25-21(29)14(2)26(12-15-17(23)9-7-10-18(15)24)20(28)13-27(32(3,30)31)19-11-6-5-8-16(19)22/h5-11,14H,4,12-13H2,1-3H3,(H,25,29). The van der Waals surface area contributed by atoms with Gasteiger partial charge in [-0.05, 0) is 54.0 Å². The Morgan fingerprint density at radius 3 is 2.22 bits per heavy atom. The molecule has 0 radical (unpaired) electrons. The fourth-order valence-electron chi connectivity index (χ4n) is 3.01. The van der Waals surface area contributed by atoms with Crippen LogP contribution in [-0.4, -0.2) is 50.5 Å². The molecular weight excluding hydrogens is 541 g/mol. The fraction of sp³-hybridized carbons (Fsp3) is 0.333. The molecule has 2 aromatic carbocycles. The van der Waals surface area contributed by atoms with Gasteiger partial charge >= 0.3 is 0 Å². The average Bonchev–Trinajstić information content (AvgIpc) is 2.71. The normalized spacial score (nSPS) is 12.2. The summed E-state index contributed by atoms with van der Waals surface area (Å²) in [6.45, 7) is 3.14. The summed E-state index contributed by atoms with van der Waals surface area (Å²) in [7, 11) is -3.81. The lowest BCUT2D eigenvalue weighted by Gasteiger charge is -2.32. The maximum absolute atomic E-state index is 13.4. The number of nitrogens with one attached hydrogen (secondary N) is 1. The van der Waals surface area contributed by atoms with Gasteiger partial charge in [0.2, 0.25) is 21.8 Å². The zero-order valence-electron chi connectivity index (χ0n) is 17.8. The van der Waals surface area contributed by atoms with Crippen LogP contribution in [0.2, 0.25) is 10.0 Å². The number of hydrogen-bond donors (Lipinski definition) is 1. The number of nitrogens with zero attached hydrogens (tertiary/aromatic N) is 2. The minimum atomic E-state index is -3.81. The summed E-state index contributed by atoms with van der Waals surface area (Å²) in [6, 6.07) is 10.7. The monoisotopic (exact) mass is 563 g/mol. The molecule has 32 heavy (non-hydrogen) atoms. The van der Waals surface area contributed by atoms with Crippen molar-refractivity contribution in [3.8, 4) is 0 Å². The first-order valence-electron chi connectivity index (χ1n) is 9.69. The number of hydrogen-bond acceptors (Lipinski definition) is 4. The van der Waals surface area contributed by atoms with Crippen LogP contribution in [0.5, 0.6) is 0 Å². The van der Waals surface area contributed by atoms with Crippen LogP contribution in [0.15, 0.2) is 46.9 Å². The number of benzene rings is 2. The molecule has 0 aromatic heterocycles. The quantitative estimate of drug-likeness (QED) is 0.497. The summed E-state index contributed by atoms with van der Waals surface area (Å²) in [6.07, 6.45) is 1.02. The topological polar surface area (TPSA) is 86.8 Å². The molecule has 0 saturated carbocycles. The molecule has 2 rings (SSSR count). The number of amides is 2. The summed E-state index contributed by atoms with van der Waals surface area (Å²) >= 11 is 15.9. The number of carbonyl (C=O) groups is 2. The minimum Gasteiger partial charge on any atom is -0.355 e. The van der Waals surface area contributed by atoms with Crippen LogP contribution in [0.25, 0.3) is 0 Å². The lowest BCUT2D eigenvalue weighted by Crippen LogP contribution is -2.51. The van der Waals surface area contributed by atoms with Crippen molar-refractivity contribution >= 4 is 66.7 Å². The van der Waals surface area contributed by atoms with Crippen LogP contribution in [0, 0.1) is 0 Å². The van der Waals surface area contributed by atoms with Gasteiger partial charge in [-0.15, -0.1) is 0 Å². The molecule has 174 valence electrons. The van der Waals surface area contributed by atoms with Gasteiger partial charge in [0.1, 0.15) is 12.6 Å². The third kappa shape index (κ3) is 6.60. The van der Waals surface area contributed by atoms with Crippen molar-refractivity contribution in [2.45, 2.75) is 26.4 Å². The number of para-hydroxylation sites is 1. The van der Waals surface area contributed by atoms with Crippen molar-refractivity contribution in [3.05, 3.63) is 62.5 Å². The third-order valence-corrected chi connectivity index (χ3v) is 7.21. The third-order valence-electron chi connectivity index (χ3n) is 4.71. The van der Waals surface area contributed by atoms with E-state index in [1.54, 1.807) is 56.3 Å². The van der Waals surface area contributed by atoms with Crippen LogP contribution in [0.3, 0.4) is 0 Å². The van der Waals surface area contributed by atoms with E-state index in [0.717, 1.165) is 10.6 Å². The number of rotatable bonds is 9. The highest BCUT2D eigenvalue weighted by Crippen LogP contribution is 2.29. The lowest BCUT2D eigenvalue weighted by atomic mass is 10.1. The number of sulfonamides is 1. The van der Waals surface area contributed by atoms with E-state index in [9.17, 15) is 18.0 Å². The molecule has 0 aliphatic rings. The van der Waals surface area contributed by atoms with Gasteiger partial charge in [-0.1, -0.05) is 41.4 Å². The molecule has 0 aliphatic carbocycles. The average molecular weight is 565 g/mol. The number of halogens is 3. The Morgan fingerprint density at radius 2 is 1.69 bits per heavy atom. The van der Waals surface area contributed by atoms with Crippen molar-refractivity contribution in [2.75, 3.05) is 23.7 Å². The second-order valence-corrected chi connectivity index (χ2v) is 10.6. The molecule has 1 unspecified atom stereocenters. The second kappa shape index (κ2) is 11.4. The maximum atomic E-state index is 13.4. The van der Waals surface area contributed by atoms with Crippen LogP contribution < -0.4 is 9.62 Å². The highest BCUT2D eigenvalue weighted by molar-refractivity contribution is 9.10. The molecule has 0 heterocycles. The number of likely N-dealkylation sites (N-methyl/N-ethyl adjacent to an activating group) is 1. The first kappa shape index (κ1) is 26.4. The van der Waals surface area contributed by atoms with Crippen molar-refractivity contribution < 1.29 is 18.0 Å². The molecule has 0 fully saturated rings. The molecule has 2 aromatic rings. The van der Waals surface area contributed by atoms with Crippen LogP contribution >= 0.6 is 39.1 Å². The largest absolute Gasteiger partial charge is 0.355 e. The van der Waals surface area contributed by atoms with Gasteiger partial charge in [-0.25, -0.2) is 8.42 Å². The zero-order chi connectivity index (χ0) is 24.1. The Bertz CT molecular complexity index is 1080. The summed E-state index contributed by atoms with van der Waals surface area (Å²) in [4.78, 5) is 27.2. The van der Waals surface area contributed by atoms with Crippen molar-refractivity contribution in [1.29, 1.82) is 0 Å². The van der Waals surface area contributed by atoms with Crippen molar-refractivity contribution in [2.24, 2.45) is 0 Å². The first-order chi connectivity index (χ1) is 15.0. The van der Waals surface area contributed by atoms with Gasteiger partial charge in [0.25, 0.3) is 0 Å². The van der Waals surface area contributed by atoms with E-state index in [2.05, 4.69) is 21.2 Å². The fourth-order valence-corrected chi connectivity index (χ4v) is 5.00. The summed E-state index contributed by atoms with van der Waals surface area (Å²) in [5.74, 6) is -0.961. The highest BCUT2D eigenvalue weighted by atomic mass is 79.9. The smallest absolute Gasteiger partial charge is 0.244 e. The summed E-state index contributed by atoms with van der Waals surface area (Å²) in [5.41, 5.74) is 0.775. The maximum Gasteiger partial charge on any atom is 0.244 e. The van der Waals surface area contributed by atoms with E-state index in [1.165, 1.54) is 4.90 Å². The van der Waals surface area contributed by atoms with Gasteiger partial charge in [-0.3, -0.25) is 13.9 Å². The van der Waals surface area contributed by atoms with Gasteiger partial charge in [0.15, 0.2) is 0 Å². The molecule has 11 heteroatoms. The Labute approximate surface area is 206 Å². The Kier molecular flexibility index (Phi) is 9.39. The van der Waals surface area contributed by atoms with Crippen molar-refractivity contribution in [3.63, 3.8) is 0 Å². The number of carbonyl (C=O) groups excluding carboxylic acids is 2. The molecule has 0 aliphatic heterocycles. The van der Waals surface area contributed by atoms with E-state index in [-0.39, 0.29) is 12.5 Å². The van der Waals surface area contributed by atoms with Crippen LogP contribution in [0.1, 0.15) is 19.4 Å². The molecular formula is C21H24BrCl2N3O4S. The SMILES string of the molecule is CCNC(=O)C(C)N(Cc1c(Cl)cccc1Cl)C(=O)CN(c1ccccc1Br)S(C)(=O)=O. The molecule has 0 spiro atoms. The molecule has 0 saturated heterocycles. The molecule has 7 nitrogen and oxygen atoms in total. The summed E-state index contributed by atoms with van der Waals surface area (Å²) < 4.78 is 26.6. The van der Waals surface area contributed by atoms with E-state index in [1.807, 2.05) is 0 Å². The highest BCUT2D eigenvalue weighted by Gasteiger charge is 2.31. The minimum absolute atomic E-state index is 0.0663. The first-order valence-corrected chi connectivity index (χ1v) is 13.1. The summed E-state index contributed by atoms with van der Waals surface area (Å²) in [5, 5.41) is 3.36. The van der Waals surface area contributed by atoms with Crippen LogP contribution in [0.4, 0.5) is 5.69 Å². The Balaban J connectivity index is 2.46. The molecule has 1 atom stereocenters. The van der Waals surface area contributed by atoms with Gasteiger partial charge in [-0.2, -0.15) is 0 Å². The van der Waals surface area contributed by atoms with Gasteiger partial charge in [0.05, 0.1) is 11.9 Å². The van der Waals surface area contributed by atoms with Crippen LogP contribution in [-0.2, 0) is 26.2 Å². The lowest BCUT2D eigenvalue weighted by molar-refractivity contribution is -0.139. The second-order valence-electron chi connectivity index (χ2n) is 7.01. The van der Waals surface area contributed by atoms with Gasteiger partial charge in [0, 0.05) is 33.2 Å². The predicted octanol–water partition coefficient (Wildman–Crippen LogP) is 4.08. The van der Waals surface area contributed by atoms with Crippen molar-refractivity contribution in [1.82, 2.24) is 10.2 Å². The van der Waals surface area contributed by atoms with E-state index < -0.39 is 28.5 Å². The van der Waals surface area contributed by atoms with E-state index in [4.69, 9.17) is 23.2 Å². The van der Waals surface area contributed by atoms with E-state index >= 15 is 0 Å². The van der Waals surface area contributed by atoms with Gasteiger partial charge < -0.3 is 10.2 Å². The molecule has 2 amide bonds. The Hall–Kier alpha value is -1.81. The zero-order valence-corrected chi connectivity index (χ0v) is 21.7. The Morgan fingerprint density at radius 1 is 1.09 bits per heavy atom. The predicted molar refractivity (Wildman–Crippen MR) is 131 cm³/mol. The molecule has 0 bridgehead atoms.